The highest BCUT2D eigenvalue weighted by Gasteiger charge is 2.51. The Morgan fingerprint density at radius 2 is 2.04 bits per heavy atom. The highest BCUT2D eigenvalue weighted by atomic mass is 19.1. The number of rotatable bonds is 4. The normalized spacial score (nSPS) is 25.7. The van der Waals surface area contributed by atoms with Crippen molar-refractivity contribution < 1.29 is 23.2 Å². The first-order valence-electron chi connectivity index (χ1n) is 9.17. The van der Waals surface area contributed by atoms with Gasteiger partial charge in [0.25, 0.3) is 5.91 Å². The molecule has 2 fully saturated rings. The van der Waals surface area contributed by atoms with Gasteiger partial charge in [0.2, 0.25) is 5.91 Å². The van der Waals surface area contributed by atoms with Gasteiger partial charge in [0.05, 0.1) is 0 Å². The van der Waals surface area contributed by atoms with E-state index in [2.05, 4.69) is 5.32 Å². The van der Waals surface area contributed by atoms with E-state index in [1.54, 1.807) is 4.90 Å². The monoisotopic (exact) mass is 379 g/mol. The molecule has 2 saturated heterocycles. The van der Waals surface area contributed by atoms with Crippen molar-refractivity contribution in [2.75, 3.05) is 13.1 Å². The van der Waals surface area contributed by atoms with Crippen LogP contribution in [0.25, 0.3) is 0 Å². The van der Waals surface area contributed by atoms with E-state index in [0.717, 1.165) is 48.8 Å². The molecule has 0 bridgehead atoms. The first-order valence-corrected chi connectivity index (χ1v) is 9.17. The van der Waals surface area contributed by atoms with Crippen LogP contribution in [0.3, 0.4) is 0 Å². The molecule has 3 rings (SSSR count). The summed E-state index contributed by atoms with van der Waals surface area (Å²) in [7, 11) is 0. The van der Waals surface area contributed by atoms with Gasteiger partial charge in [0.1, 0.15) is 23.7 Å². The van der Waals surface area contributed by atoms with Gasteiger partial charge in [-0.05, 0) is 50.8 Å². The Hall–Kier alpha value is -2.51. The van der Waals surface area contributed by atoms with Gasteiger partial charge < -0.3 is 10.2 Å². The molecule has 6 nitrogen and oxygen atoms in total. The van der Waals surface area contributed by atoms with E-state index in [9.17, 15) is 23.2 Å². The maximum absolute atomic E-state index is 14.2. The van der Waals surface area contributed by atoms with Crippen LogP contribution >= 0.6 is 0 Å². The number of halogens is 2. The predicted molar refractivity (Wildman–Crippen MR) is 93.6 cm³/mol. The molecule has 1 aromatic carbocycles. The largest absolute Gasteiger partial charge is 0.338 e. The zero-order valence-electron chi connectivity index (χ0n) is 15.4. The summed E-state index contributed by atoms with van der Waals surface area (Å²) in [6.07, 6.45) is 3.63. The summed E-state index contributed by atoms with van der Waals surface area (Å²) in [5.41, 5.74) is -2.02. The molecule has 0 aliphatic carbocycles. The van der Waals surface area contributed by atoms with Crippen molar-refractivity contribution in [3.05, 3.63) is 35.4 Å². The van der Waals surface area contributed by atoms with Crippen LogP contribution in [0.4, 0.5) is 13.6 Å². The first-order chi connectivity index (χ1) is 12.8. The Morgan fingerprint density at radius 1 is 1.30 bits per heavy atom. The summed E-state index contributed by atoms with van der Waals surface area (Å²) in [6.45, 7) is 3.49. The molecule has 2 aliphatic rings. The SMILES string of the molecule is CC[C@H]1CCCCN1C(=O)CN1C(=O)N[C@@](C)(c2cc(F)ccc2F)C1=O. The number of carbonyl (C=O) groups excluding carboxylic acids is 3. The van der Waals surface area contributed by atoms with E-state index in [1.807, 2.05) is 6.92 Å². The molecule has 0 aromatic heterocycles. The van der Waals surface area contributed by atoms with Crippen molar-refractivity contribution in [2.24, 2.45) is 0 Å². The molecule has 0 spiro atoms. The number of hydrogen-bond acceptors (Lipinski definition) is 3. The zero-order valence-corrected chi connectivity index (χ0v) is 15.4. The van der Waals surface area contributed by atoms with Gasteiger partial charge in [-0.1, -0.05) is 6.92 Å². The van der Waals surface area contributed by atoms with Gasteiger partial charge in [-0.3, -0.25) is 14.5 Å². The van der Waals surface area contributed by atoms with Gasteiger partial charge in [-0.2, -0.15) is 0 Å². The number of likely N-dealkylation sites (tertiary alicyclic amines) is 1. The van der Waals surface area contributed by atoms with Gasteiger partial charge in [0.15, 0.2) is 0 Å². The lowest BCUT2D eigenvalue weighted by molar-refractivity contribution is -0.141. The molecular formula is C19H23F2N3O3. The average Bonchev–Trinajstić information content (AvgIpc) is 2.87. The second-order valence-electron chi connectivity index (χ2n) is 7.22. The van der Waals surface area contributed by atoms with Crippen LogP contribution in [0.1, 0.15) is 45.1 Å². The summed E-state index contributed by atoms with van der Waals surface area (Å²) in [6, 6.07) is 2.04. The molecule has 2 heterocycles. The number of urea groups is 1. The minimum atomic E-state index is -1.75. The second-order valence-corrected chi connectivity index (χ2v) is 7.22. The smallest absolute Gasteiger partial charge is 0.325 e. The molecular weight excluding hydrogens is 356 g/mol. The third-order valence-electron chi connectivity index (χ3n) is 5.45. The third-order valence-corrected chi connectivity index (χ3v) is 5.45. The second kappa shape index (κ2) is 7.25. The van der Waals surface area contributed by atoms with Crippen LogP contribution in [0.2, 0.25) is 0 Å². The van der Waals surface area contributed by atoms with Crippen LogP contribution in [-0.2, 0) is 15.1 Å². The maximum Gasteiger partial charge on any atom is 0.325 e. The molecule has 0 saturated carbocycles. The minimum Gasteiger partial charge on any atom is -0.338 e. The van der Waals surface area contributed by atoms with Crippen molar-refractivity contribution in [3.63, 3.8) is 0 Å². The van der Waals surface area contributed by atoms with E-state index >= 15 is 0 Å². The van der Waals surface area contributed by atoms with Crippen molar-refractivity contribution in [2.45, 2.75) is 51.1 Å². The molecule has 146 valence electrons. The standard InChI is InChI=1S/C19H23F2N3O3/c1-3-13-6-4-5-9-23(13)16(25)11-24-17(26)19(2,22-18(24)27)14-10-12(20)7-8-15(14)21/h7-8,10,13H,3-6,9,11H2,1-2H3,(H,22,27)/t13-,19-/m0/s1. The van der Waals surface area contributed by atoms with E-state index in [-0.39, 0.29) is 17.5 Å². The number of benzene rings is 1. The van der Waals surface area contributed by atoms with Crippen molar-refractivity contribution in [3.8, 4) is 0 Å². The van der Waals surface area contributed by atoms with E-state index in [0.29, 0.717) is 6.54 Å². The molecule has 2 aliphatic heterocycles. The number of carbonyl (C=O) groups is 3. The fourth-order valence-corrected chi connectivity index (χ4v) is 3.88. The molecule has 27 heavy (non-hydrogen) atoms. The Kier molecular flexibility index (Phi) is 5.17. The summed E-state index contributed by atoms with van der Waals surface area (Å²) in [5, 5.41) is 2.41. The Balaban J connectivity index is 1.82. The van der Waals surface area contributed by atoms with Crippen molar-refractivity contribution in [1.82, 2.24) is 15.1 Å². The lowest BCUT2D eigenvalue weighted by Gasteiger charge is -2.36. The minimum absolute atomic E-state index is 0.0964. The summed E-state index contributed by atoms with van der Waals surface area (Å²) in [4.78, 5) is 40.4. The molecule has 0 unspecified atom stereocenters. The van der Waals surface area contributed by atoms with Gasteiger partial charge in [-0.25, -0.2) is 13.6 Å². The summed E-state index contributed by atoms with van der Waals surface area (Å²) >= 11 is 0. The number of amides is 4. The average molecular weight is 379 g/mol. The number of nitrogens with zero attached hydrogens (tertiary/aromatic N) is 2. The fraction of sp³-hybridized carbons (Fsp3) is 0.526. The van der Waals surface area contributed by atoms with Gasteiger partial charge >= 0.3 is 6.03 Å². The molecule has 0 radical (unpaired) electrons. The van der Waals surface area contributed by atoms with Gasteiger partial charge in [0, 0.05) is 18.2 Å². The van der Waals surface area contributed by atoms with Crippen LogP contribution in [0, 0.1) is 11.6 Å². The molecule has 8 heteroatoms. The van der Waals surface area contributed by atoms with Crippen LogP contribution in [0.15, 0.2) is 18.2 Å². The lowest BCUT2D eigenvalue weighted by atomic mass is 9.91. The Bertz CT molecular complexity index is 785. The highest BCUT2D eigenvalue weighted by molar-refractivity contribution is 6.09. The number of imide groups is 1. The number of piperidine rings is 1. The lowest BCUT2D eigenvalue weighted by Crippen LogP contribution is -2.49. The summed E-state index contributed by atoms with van der Waals surface area (Å²) in [5.74, 6) is -2.60. The predicted octanol–water partition coefficient (Wildman–Crippen LogP) is 2.52. The first kappa shape index (κ1) is 19.3. The van der Waals surface area contributed by atoms with Crippen LogP contribution < -0.4 is 5.32 Å². The Morgan fingerprint density at radius 3 is 2.74 bits per heavy atom. The van der Waals surface area contributed by atoms with E-state index < -0.39 is 35.7 Å². The molecule has 1 aromatic rings. The molecule has 2 atom stereocenters. The molecule has 4 amide bonds. The maximum atomic E-state index is 14.2. The van der Waals surface area contributed by atoms with Crippen molar-refractivity contribution in [1.29, 1.82) is 0 Å². The number of hydrogen-bond donors (Lipinski definition) is 1. The van der Waals surface area contributed by atoms with Gasteiger partial charge in [-0.15, -0.1) is 0 Å². The third kappa shape index (κ3) is 3.40. The van der Waals surface area contributed by atoms with Crippen molar-refractivity contribution >= 4 is 17.8 Å². The quantitative estimate of drug-likeness (QED) is 0.818. The Labute approximate surface area is 156 Å². The topological polar surface area (TPSA) is 69.7 Å². The fourth-order valence-electron chi connectivity index (χ4n) is 3.88. The molecule has 1 N–H and O–H groups in total. The number of nitrogens with one attached hydrogen (secondary N) is 1. The van der Waals surface area contributed by atoms with Crippen LogP contribution in [-0.4, -0.2) is 46.8 Å². The van der Waals surface area contributed by atoms with E-state index in [1.165, 1.54) is 6.92 Å². The van der Waals surface area contributed by atoms with Crippen LogP contribution in [0.5, 0.6) is 0 Å². The highest BCUT2D eigenvalue weighted by Crippen LogP contribution is 2.31. The van der Waals surface area contributed by atoms with E-state index in [4.69, 9.17) is 0 Å². The summed E-state index contributed by atoms with van der Waals surface area (Å²) < 4.78 is 27.7. The zero-order chi connectivity index (χ0) is 19.8.